The van der Waals surface area contributed by atoms with Crippen LogP contribution in [-0.2, 0) is 6.54 Å². The summed E-state index contributed by atoms with van der Waals surface area (Å²) in [4.78, 5) is 8.32. The van der Waals surface area contributed by atoms with E-state index in [-0.39, 0.29) is 0 Å². The highest BCUT2D eigenvalue weighted by Crippen LogP contribution is 2.30. The first kappa shape index (κ1) is 13.9. The van der Waals surface area contributed by atoms with Crippen molar-refractivity contribution in [3.05, 3.63) is 17.3 Å². The van der Waals surface area contributed by atoms with Crippen molar-refractivity contribution in [2.24, 2.45) is 17.6 Å². The van der Waals surface area contributed by atoms with Crippen molar-refractivity contribution in [1.29, 1.82) is 0 Å². The number of aromatic nitrogens is 2. The Balaban J connectivity index is 1.85. The molecule has 1 unspecified atom stereocenters. The number of rotatable bonds is 3. The van der Waals surface area contributed by atoms with Gasteiger partial charge in [0.1, 0.15) is 0 Å². The Kier molecular flexibility index (Phi) is 3.98. The summed E-state index contributed by atoms with van der Waals surface area (Å²) in [7, 11) is 0. The Morgan fingerprint density at radius 2 is 2.25 bits per heavy atom. The van der Waals surface area contributed by atoms with Crippen LogP contribution in [0.25, 0.3) is 4.96 Å². The fourth-order valence-corrected chi connectivity index (χ4v) is 3.99. The van der Waals surface area contributed by atoms with Gasteiger partial charge in [-0.05, 0) is 31.1 Å². The lowest BCUT2D eigenvalue weighted by atomic mass is 9.89. The molecule has 4 nitrogen and oxygen atoms in total. The lowest BCUT2D eigenvalue weighted by Gasteiger charge is -2.22. The molecule has 20 heavy (non-hydrogen) atoms. The monoisotopic (exact) mass is 292 g/mol. The van der Waals surface area contributed by atoms with Gasteiger partial charge in [0.25, 0.3) is 0 Å². The molecule has 0 spiro atoms. The minimum Gasteiger partial charge on any atom is -0.355 e. The fourth-order valence-electron chi connectivity index (χ4n) is 3.26. The average Bonchev–Trinajstić information content (AvgIpc) is 2.90. The predicted octanol–water partition coefficient (Wildman–Crippen LogP) is 3.12. The fraction of sp³-hybridized carbons (Fsp3) is 0.667. The molecule has 1 atom stereocenters. The number of anilines is 1. The summed E-state index contributed by atoms with van der Waals surface area (Å²) < 4.78 is 2.14. The number of nitrogens with two attached hydrogens (primary N) is 1. The second-order valence-electron chi connectivity index (χ2n) is 6.06. The maximum atomic E-state index is 5.96. The Morgan fingerprint density at radius 1 is 1.40 bits per heavy atom. The van der Waals surface area contributed by atoms with E-state index < -0.39 is 0 Å². The highest BCUT2D eigenvalue weighted by atomic mass is 32.1. The molecular weight excluding hydrogens is 268 g/mol. The van der Waals surface area contributed by atoms with Gasteiger partial charge in [-0.1, -0.05) is 13.8 Å². The Bertz CT molecular complexity index is 571. The largest absolute Gasteiger partial charge is 0.355 e. The predicted molar refractivity (Wildman–Crippen MR) is 85.4 cm³/mol. The zero-order chi connectivity index (χ0) is 14.1. The minimum absolute atomic E-state index is 0.553. The summed E-state index contributed by atoms with van der Waals surface area (Å²) in [5.74, 6) is 2.75. The number of imidazole rings is 1. The summed E-state index contributed by atoms with van der Waals surface area (Å²) >= 11 is 1.68. The van der Waals surface area contributed by atoms with Crippen LogP contribution in [-0.4, -0.2) is 22.5 Å². The molecule has 2 N–H and O–H groups in total. The van der Waals surface area contributed by atoms with Crippen LogP contribution in [0.3, 0.4) is 0 Å². The number of thiazole rings is 1. The maximum Gasteiger partial charge on any atom is 0.195 e. The molecule has 0 saturated carbocycles. The first-order valence-electron chi connectivity index (χ1n) is 7.60. The smallest absolute Gasteiger partial charge is 0.195 e. The van der Waals surface area contributed by atoms with Crippen LogP contribution in [0.5, 0.6) is 0 Å². The number of fused-ring (bicyclic) bond motifs is 1. The lowest BCUT2D eigenvalue weighted by Crippen LogP contribution is -2.26. The zero-order valence-electron chi connectivity index (χ0n) is 12.4. The molecule has 2 aromatic rings. The van der Waals surface area contributed by atoms with E-state index in [4.69, 9.17) is 10.7 Å². The third-order valence-corrected chi connectivity index (χ3v) is 5.30. The van der Waals surface area contributed by atoms with Gasteiger partial charge in [-0.2, -0.15) is 0 Å². The van der Waals surface area contributed by atoms with Crippen molar-refractivity contribution in [3.63, 3.8) is 0 Å². The van der Waals surface area contributed by atoms with E-state index in [0.29, 0.717) is 6.54 Å². The molecule has 0 radical (unpaired) electrons. The van der Waals surface area contributed by atoms with E-state index in [1.807, 2.05) is 0 Å². The minimum atomic E-state index is 0.553. The van der Waals surface area contributed by atoms with E-state index in [1.54, 1.807) is 11.3 Å². The standard InChI is InChI=1S/C15H24N4S/c1-11(2)12-4-3-6-18(7-5-12)14-13(10-16)19-8-9-20-15(19)17-14/h8-9,11-12H,3-7,10,16H2,1-2H3. The summed E-state index contributed by atoms with van der Waals surface area (Å²) in [5, 5.41) is 2.07. The van der Waals surface area contributed by atoms with Crippen molar-refractivity contribution in [2.45, 2.75) is 39.7 Å². The van der Waals surface area contributed by atoms with Gasteiger partial charge < -0.3 is 10.6 Å². The van der Waals surface area contributed by atoms with E-state index >= 15 is 0 Å². The first-order chi connectivity index (χ1) is 9.70. The Labute approximate surface area is 124 Å². The van der Waals surface area contributed by atoms with E-state index in [0.717, 1.165) is 41.4 Å². The average molecular weight is 292 g/mol. The molecule has 2 aromatic heterocycles. The van der Waals surface area contributed by atoms with Crippen LogP contribution in [0.15, 0.2) is 11.6 Å². The van der Waals surface area contributed by atoms with E-state index in [9.17, 15) is 0 Å². The molecule has 3 heterocycles. The van der Waals surface area contributed by atoms with Crippen molar-refractivity contribution >= 4 is 22.1 Å². The molecule has 3 rings (SSSR count). The second-order valence-corrected chi connectivity index (χ2v) is 6.94. The summed E-state index contributed by atoms with van der Waals surface area (Å²) in [6.07, 6.45) is 5.95. The summed E-state index contributed by atoms with van der Waals surface area (Å²) in [5.41, 5.74) is 7.12. The van der Waals surface area contributed by atoms with Crippen molar-refractivity contribution in [1.82, 2.24) is 9.38 Å². The Hall–Kier alpha value is -1.07. The molecule has 1 aliphatic rings. The molecule has 0 amide bonds. The zero-order valence-corrected chi connectivity index (χ0v) is 13.2. The van der Waals surface area contributed by atoms with Crippen LogP contribution in [0.2, 0.25) is 0 Å². The molecule has 5 heteroatoms. The van der Waals surface area contributed by atoms with Crippen molar-refractivity contribution in [3.8, 4) is 0 Å². The normalized spacial score (nSPS) is 20.8. The molecule has 0 aromatic carbocycles. The number of hydrogen-bond acceptors (Lipinski definition) is 4. The highest BCUT2D eigenvalue weighted by Gasteiger charge is 2.23. The summed E-state index contributed by atoms with van der Waals surface area (Å²) in [6, 6.07) is 0. The SMILES string of the molecule is CC(C)C1CCCN(c2nc3sccn3c2CN)CC1. The van der Waals surface area contributed by atoms with E-state index in [1.165, 1.54) is 19.3 Å². The summed E-state index contributed by atoms with van der Waals surface area (Å²) in [6.45, 7) is 7.47. The molecule has 110 valence electrons. The van der Waals surface area contributed by atoms with Gasteiger partial charge in [-0.25, -0.2) is 4.98 Å². The van der Waals surface area contributed by atoms with Gasteiger partial charge in [0.05, 0.1) is 5.69 Å². The van der Waals surface area contributed by atoms with Crippen LogP contribution >= 0.6 is 11.3 Å². The van der Waals surface area contributed by atoms with Crippen molar-refractivity contribution in [2.75, 3.05) is 18.0 Å². The molecule has 0 aliphatic carbocycles. The third kappa shape index (κ3) is 2.44. The van der Waals surface area contributed by atoms with Crippen LogP contribution < -0.4 is 10.6 Å². The Morgan fingerprint density at radius 3 is 3.00 bits per heavy atom. The molecule has 0 bridgehead atoms. The highest BCUT2D eigenvalue weighted by molar-refractivity contribution is 7.15. The molecule has 1 aliphatic heterocycles. The third-order valence-electron chi connectivity index (χ3n) is 4.55. The molecule has 1 saturated heterocycles. The molecular formula is C15H24N4S. The quantitative estimate of drug-likeness (QED) is 0.945. The van der Waals surface area contributed by atoms with E-state index in [2.05, 4.69) is 34.7 Å². The second kappa shape index (κ2) is 5.74. The topological polar surface area (TPSA) is 46.6 Å². The van der Waals surface area contributed by atoms with Crippen LogP contribution in [0, 0.1) is 11.8 Å². The van der Waals surface area contributed by atoms with Gasteiger partial charge in [0.15, 0.2) is 10.8 Å². The molecule has 1 fully saturated rings. The number of hydrogen-bond donors (Lipinski definition) is 1. The maximum absolute atomic E-state index is 5.96. The number of nitrogens with zero attached hydrogens (tertiary/aromatic N) is 3. The van der Waals surface area contributed by atoms with Crippen LogP contribution in [0.1, 0.15) is 38.8 Å². The van der Waals surface area contributed by atoms with Gasteiger partial charge in [-0.15, -0.1) is 11.3 Å². The van der Waals surface area contributed by atoms with Gasteiger partial charge >= 0.3 is 0 Å². The van der Waals surface area contributed by atoms with Gasteiger partial charge in [0.2, 0.25) is 0 Å². The lowest BCUT2D eigenvalue weighted by molar-refractivity contribution is 0.351. The van der Waals surface area contributed by atoms with Crippen LogP contribution in [0.4, 0.5) is 5.82 Å². The first-order valence-corrected chi connectivity index (χ1v) is 8.48. The van der Waals surface area contributed by atoms with Crippen molar-refractivity contribution < 1.29 is 0 Å². The van der Waals surface area contributed by atoms with Gasteiger partial charge in [0, 0.05) is 31.2 Å². The van der Waals surface area contributed by atoms with Gasteiger partial charge in [-0.3, -0.25) is 4.40 Å².